The first kappa shape index (κ1) is 15.2. The molecule has 1 aromatic rings. The fourth-order valence-electron chi connectivity index (χ4n) is 2.68. The Morgan fingerprint density at radius 1 is 1.29 bits per heavy atom. The first-order valence-electron chi connectivity index (χ1n) is 8.29. The van der Waals surface area contributed by atoms with Crippen molar-refractivity contribution >= 4 is 17.6 Å². The number of pyridine rings is 1. The lowest BCUT2D eigenvalue weighted by molar-refractivity contribution is 0.682. The lowest BCUT2D eigenvalue weighted by Crippen LogP contribution is -2.27. The molecule has 0 aromatic carbocycles. The number of nitrogens with one attached hydrogen (secondary N) is 1. The monoisotopic (exact) mass is 305 g/mol. The van der Waals surface area contributed by atoms with Crippen LogP contribution in [0.25, 0.3) is 0 Å². The van der Waals surface area contributed by atoms with E-state index in [4.69, 9.17) is 4.98 Å². The summed E-state index contributed by atoms with van der Waals surface area (Å²) in [4.78, 5) is 7.41. The first-order valence-corrected chi connectivity index (χ1v) is 9.45. The van der Waals surface area contributed by atoms with Crippen LogP contribution in [0, 0.1) is 0 Å². The molecule has 1 saturated heterocycles. The van der Waals surface area contributed by atoms with Crippen LogP contribution in [0.5, 0.6) is 0 Å². The molecule has 1 saturated carbocycles. The number of hydrogen-bond donors (Lipinski definition) is 1. The fourth-order valence-corrected chi connectivity index (χ4v) is 3.57. The lowest BCUT2D eigenvalue weighted by Gasteiger charge is -2.23. The standard InChI is InChI=1S/C17H27N3S/c1-13(2)16-10-14(12-18-15-4-5-15)11-17(19-16)20-6-3-8-21-9-7-20/h10-11,13,15,18H,3-9,12H2,1-2H3. The van der Waals surface area contributed by atoms with Crippen molar-refractivity contribution in [3.05, 3.63) is 23.4 Å². The average Bonchev–Trinajstić information content (AvgIpc) is 3.31. The number of aromatic nitrogens is 1. The van der Waals surface area contributed by atoms with Gasteiger partial charge >= 0.3 is 0 Å². The van der Waals surface area contributed by atoms with Crippen molar-refractivity contribution in [3.8, 4) is 0 Å². The van der Waals surface area contributed by atoms with E-state index in [1.165, 1.54) is 47.8 Å². The van der Waals surface area contributed by atoms with Crippen LogP contribution in [0.15, 0.2) is 12.1 Å². The SMILES string of the molecule is CC(C)c1cc(CNC2CC2)cc(N2CCCSCC2)n1. The number of anilines is 1. The van der Waals surface area contributed by atoms with E-state index in [2.05, 4.69) is 48.0 Å². The van der Waals surface area contributed by atoms with Gasteiger partial charge in [-0.3, -0.25) is 0 Å². The fraction of sp³-hybridized carbons (Fsp3) is 0.706. The normalized spacial score (nSPS) is 19.9. The molecule has 21 heavy (non-hydrogen) atoms. The molecule has 0 amide bonds. The van der Waals surface area contributed by atoms with Crippen LogP contribution in [0.4, 0.5) is 5.82 Å². The molecular weight excluding hydrogens is 278 g/mol. The van der Waals surface area contributed by atoms with Crippen molar-refractivity contribution in [2.24, 2.45) is 0 Å². The molecule has 0 radical (unpaired) electrons. The van der Waals surface area contributed by atoms with E-state index in [1.807, 2.05) is 0 Å². The second-order valence-corrected chi connectivity index (χ2v) is 7.75. The zero-order valence-electron chi connectivity index (χ0n) is 13.3. The molecule has 116 valence electrons. The van der Waals surface area contributed by atoms with Gasteiger partial charge in [-0.1, -0.05) is 13.8 Å². The number of nitrogens with zero attached hydrogens (tertiary/aromatic N) is 2. The van der Waals surface area contributed by atoms with Crippen molar-refractivity contribution in [1.29, 1.82) is 0 Å². The van der Waals surface area contributed by atoms with Crippen molar-refractivity contribution in [2.75, 3.05) is 29.5 Å². The summed E-state index contributed by atoms with van der Waals surface area (Å²) in [5, 5.41) is 3.63. The minimum absolute atomic E-state index is 0.492. The Balaban J connectivity index is 1.78. The quantitative estimate of drug-likeness (QED) is 0.902. The molecule has 0 unspecified atom stereocenters. The van der Waals surface area contributed by atoms with Crippen molar-refractivity contribution in [1.82, 2.24) is 10.3 Å². The van der Waals surface area contributed by atoms with Gasteiger partial charge in [-0.15, -0.1) is 0 Å². The molecule has 1 aliphatic carbocycles. The van der Waals surface area contributed by atoms with Crippen molar-refractivity contribution in [3.63, 3.8) is 0 Å². The highest BCUT2D eigenvalue weighted by molar-refractivity contribution is 7.99. The van der Waals surface area contributed by atoms with Crippen LogP contribution in [-0.4, -0.2) is 35.6 Å². The molecule has 2 aliphatic rings. The summed E-state index contributed by atoms with van der Waals surface area (Å²) < 4.78 is 0. The van der Waals surface area contributed by atoms with Gasteiger partial charge in [0.25, 0.3) is 0 Å². The van der Waals surface area contributed by atoms with Gasteiger partial charge in [-0.2, -0.15) is 11.8 Å². The molecule has 0 bridgehead atoms. The summed E-state index contributed by atoms with van der Waals surface area (Å²) in [6.45, 7) is 7.75. The maximum Gasteiger partial charge on any atom is 0.129 e. The van der Waals surface area contributed by atoms with Crippen LogP contribution in [0.3, 0.4) is 0 Å². The smallest absolute Gasteiger partial charge is 0.129 e. The van der Waals surface area contributed by atoms with Crippen LogP contribution >= 0.6 is 11.8 Å². The molecule has 3 nitrogen and oxygen atoms in total. The summed E-state index contributed by atoms with van der Waals surface area (Å²) in [5.41, 5.74) is 2.63. The zero-order chi connectivity index (χ0) is 14.7. The molecule has 2 heterocycles. The molecule has 3 rings (SSSR count). The predicted molar refractivity (Wildman–Crippen MR) is 92.3 cm³/mol. The molecule has 1 N–H and O–H groups in total. The largest absolute Gasteiger partial charge is 0.356 e. The van der Waals surface area contributed by atoms with E-state index in [-0.39, 0.29) is 0 Å². The van der Waals surface area contributed by atoms with Crippen LogP contribution in [0.1, 0.15) is 50.3 Å². The Kier molecular flexibility index (Phi) is 5.07. The minimum Gasteiger partial charge on any atom is -0.356 e. The maximum atomic E-state index is 4.93. The maximum absolute atomic E-state index is 4.93. The predicted octanol–water partition coefficient (Wildman–Crippen LogP) is 3.40. The highest BCUT2D eigenvalue weighted by atomic mass is 32.2. The highest BCUT2D eigenvalue weighted by Gasteiger charge is 2.20. The molecule has 1 aliphatic heterocycles. The third kappa shape index (κ3) is 4.36. The van der Waals surface area contributed by atoms with Gasteiger partial charge in [-0.25, -0.2) is 4.98 Å². The average molecular weight is 305 g/mol. The number of rotatable bonds is 5. The van der Waals surface area contributed by atoms with Crippen LogP contribution in [0.2, 0.25) is 0 Å². The second kappa shape index (κ2) is 7.01. The number of thioether (sulfide) groups is 1. The van der Waals surface area contributed by atoms with Crippen LogP contribution < -0.4 is 10.2 Å². The summed E-state index contributed by atoms with van der Waals surface area (Å²) in [6, 6.07) is 5.35. The molecule has 0 spiro atoms. The molecular formula is C17H27N3S. The molecule has 2 fully saturated rings. The van der Waals surface area contributed by atoms with Gasteiger partial charge in [0.2, 0.25) is 0 Å². The summed E-state index contributed by atoms with van der Waals surface area (Å²) in [5.74, 6) is 4.20. The molecule has 0 atom stereocenters. The molecule has 4 heteroatoms. The summed E-state index contributed by atoms with van der Waals surface area (Å²) >= 11 is 2.07. The topological polar surface area (TPSA) is 28.2 Å². The van der Waals surface area contributed by atoms with Gasteiger partial charge in [0.1, 0.15) is 5.82 Å². The van der Waals surface area contributed by atoms with Gasteiger partial charge in [0.15, 0.2) is 0 Å². The Bertz CT molecular complexity index is 463. The van der Waals surface area contributed by atoms with E-state index < -0.39 is 0 Å². The van der Waals surface area contributed by atoms with E-state index in [0.717, 1.165) is 25.7 Å². The Hall–Kier alpha value is -0.740. The van der Waals surface area contributed by atoms with Gasteiger partial charge in [0.05, 0.1) is 0 Å². The first-order chi connectivity index (χ1) is 10.2. The Labute approximate surface area is 132 Å². The third-order valence-electron chi connectivity index (χ3n) is 4.20. The van der Waals surface area contributed by atoms with E-state index >= 15 is 0 Å². The highest BCUT2D eigenvalue weighted by Crippen LogP contribution is 2.24. The van der Waals surface area contributed by atoms with Crippen molar-refractivity contribution in [2.45, 2.75) is 51.6 Å². The van der Waals surface area contributed by atoms with E-state index in [1.54, 1.807) is 0 Å². The third-order valence-corrected chi connectivity index (χ3v) is 5.25. The second-order valence-electron chi connectivity index (χ2n) is 6.52. The summed E-state index contributed by atoms with van der Waals surface area (Å²) in [6.07, 6.45) is 3.96. The minimum atomic E-state index is 0.492. The molecule has 1 aromatic heterocycles. The zero-order valence-corrected chi connectivity index (χ0v) is 14.1. The van der Waals surface area contributed by atoms with Crippen LogP contribution in [-0.2, 0) is 6.54 Å². The van der Waals surface area contributed by atoms with E-state index in [0.29, 0.717) is 5.92 Å². The van der Waals surface area contributed by atoms with E-state index in [9.17, 15) is 0 Å². The van der Waals surface area contributed by atoms with Gasteiger partial charge in [-0.05, 0) is 48.6 Å². The Morgan fingerprint density at radius 3 is 2.90 bits per heavy atom. The van der Waals surface area contributed by atoms with Crippen molar-refractivity contribution < 1.29 is 0 Å². The lowest BCUT2D eigenvalue weighted by atomic mass is 10.1. The summed E-state index contributed by atoms with van der Waals surface area (Å²) in [7, 11) is 0. The number of hydrogen-bond acceptors (Lipinski definition) is 4. The van der Waals surface area contributed by atoms with Gasteiger partial charge in [0, 0.05) is 37.1 Å². The van der Waals surface area contributed by atoms with Gasteiger partial charge < -0.3 is 10.2 Å². The Morgan fingerprint density at radius 2 is 2.14 bits per heavy atom.